The number of carbonyl (C=O) groups excluding carboxylic acids is 1. The van der Waals surface area contributed by atoms with Gasteiger partial charge in [0.25, 0.3) is 0 Å². The number of halogens is 3. The van der Waals surface area contributed by atoms with E-state index in [2.05, 4.69) is 30.9 Å². The van der Waals surface area contributed by atoms with Crippen LogP contribution in [0, 0.1) is 12.8 Å². The Morgan fingerprint density at radius 3 is 2.79 bits per heavy atom. The van der Waals surface area contributed by atoms with Gasteiger partial charge in [-0.2, -0.15) is 13.2 Å². The second-order valence-electron chi connectivity index (χ2n) is 8.01. The number of nitrogens with zero attached hydrogens (tertiary/aromatic N) is 6. The van der Waals surface area contributed by atoms with Gasteiger partial charge in [-0.3, -0.25) is 9.78 Å². The molecule has 1 N–H and O–H groups in total. The number of nitrogens with one attached hydrogen (secondary N) is 1. The first-order valence-corrected chi connectivity index (χ1v) is 10.5. The first-order chi connectivity index (χ1) is 15.8. The van der Waals surface area contributed by atoms with E-state index in [4.69, 9.17) is 4.52 Å². The number of carbonyl (C=O) groups is 1. The maximum absolute atomic E-state index is 12.7. The lowest BCUT2D eigenvalue weighted by atomic mass is 9.78. The molecular weight excluding hydrogens is 439 g/mol. The molecule has 1 aliphatic rings. The number of hydrogen-bond donors (Lipinski definition) is 1. The van der Waals surface area contributed by atoms with Crippen molar-refractivity contribution in [3.05, 3.63) is 59.3 Å². The molecule has 0 saturated heterocycles. The molecule has 1 fully saturated rings. The minimum atomic E-state index is -4.61. The van der Waals surface area contributed by atoms with Crippen LogP contribution in [0.2, 0.25) is 0 Å². The Balaban J connectivity index is 1.27. The van der Waals surface area contributed by atoms with Crippen LogP contribution in [0.15, 0.2) is 41.6 Å². The van der Waals surface area contributed by atoms with E-state index in [-0.39, 0.29) is 11.6 Å². The van der Waals surface area contributed by atoms with Gasteiger partial charge in [-0.15, -0.1) is 0 Å². The van der Waals surface area contributed by atoms with Crippen LogP contribution < -0.4 is 10.00 Å². The van der Waals surface area contributed by atoms with E-state index in [0.717, 1.165) is 43.6 Å². The van der Waals surface area contributed by atoms with Gasteiger partial charge in [-0.25, -0.2) is 9.97 Å². The normalized spacial score (nSPS) is 18.7. The lowest BCUT2D eigenvalue weighted by Gasteiger charge is -2.26. The van der Waals surface area contributed by atoms with Gasteiger partial charge in [0.05, 0.1) is 0 Å². The number of pyridine rings is 1. The zero-order chi connectivity index (χ0) is 23.4. The smallest absolute Gasteiger partial charge is 0.424 e. The summed E-state index contributed by atoms with van der Waals surface area (Å²) in [5.74, 6) is 0.814. The molecule has 174 valence electrons. The van der Waals surface area contributed by atoms with Crippen molar-refractivity contribution >= 4 is 17.6 Å². The third kappa shape index (κ3) is 5.82. The highest BCUT2D eigenvalue weighted by Gasteiger charge is 2.32. The zero-order valence-corrected chi connectivity index (χ0v) is 17.8. The molecule has 9 nitrogen and oxygen atoms in total. The fourth-order valence-electron chi connectivity index (χ4n) is 4.04. The van der Waals surface area contributed by atoms with E-state index in [1.807, 2.05) is 13.1 Å². The van der Waals surface area contributed by atoms with Gasteiger partial charge in [-0.1, -0.05) is 4.68 Å². The summed E-state index contributed by atoms with van der Waals surface area (Å²) in [6.45, 7) is 2.62. The Morgan fingerprint density at radius 2 is 2.06 bits per heavy atom. The maximum Gasteiger partial charge on any atom is 0.433 e. The average molecular weight is 461 g/mol. The molecule has 0 unspecified atom stereocenters. The molecule has 0 aromatic carbocycles. The van der Waals surface area contributed by atoms with Crippen LogP contribution >= 0.6 is 0 Å². The van der Waals surface area contributed by atoms with Crippen molar-refractivity contribution in [3.8, 4) is 0 Å². The predicted octanol–water partition coefficient (Wildman–Crippen LogP) is 4.69. The summed E-state index contributed by atoms with van der Waals surface area (Å²) in [5, 5.41) is 9.87. The topological polar surface area (TPSA) is 112 Å². The first-order valence-electron chi connectivity index (χ1n) is 10.5. The lowest BCUT2D eigenvalue weighted by molar-refractivity contribution is -0.767. The Morgan fingerprint density at radius 1 is 1.27 bits per heavy atom. The Labute approximate surface area is 187 Å². The third-order valence-electron chi connectivity index (χ3n) is 5.69. The Hall–Kier alpha value is -3.57. The van der Waals surface area contributed by atoms with Gasteiger partial charge in [0.1, 0.15) is 12.0 Å². The molecular formula is C21H22F3N7O2. The van der Waals surface area contributed by atoms with Crippen molar-refractivity contribution in [2.24, 2.45) is 5.92 Å². The number of aryl methyl sites for hydroxylation is 1. The highest BCUT2D eigenvalue weighted by atomic mass is 19.4. The molecule has 12 heteroatoms. The molecule has 3 heterocycles. The lowest BCUT2D eigenvalue weighted by Crippen LogP contribution is -2.39. The van der Waals surface area contributed by atoms with Crippen LogP contribution in [-0.2, 0) is 12.7 Å². The van der Waals surface area contributed by atoms with Crippen LogP contribution in [0.3, 0.4) is 0 Å². The number of amides is 2. The molecule has 0 aliphatic heterocycles. The van der Waals surface area contributed by atoms with Crippen LogP contribution in [0.4, 0.5) is 29.5 Å². The maximum atomic E-state index is 12.7. The highest BCUT2D eigenvalue weighted by Crippen LogP contribution is 2.36. The van der Waals surface area contributed by atoms with Crippen molar-refractivity contribution < 1.29 is 27.2 Å². The first kappa shape index (κ1) is 22.6. The number of urea groups is 1. The summed E-state index contributed by atoms with van der Waals surface area (Å²) in [6.07, 6.45) is 5.38. The zero-order valence-electron chi connectivity index (χ0n) is 17.8. The van der Waals surface area contributed by atoms with Crippen LogP contribution in [-0.4, -0.2) is 26.3 Å². The minimum Gasteiger partial charge on any atom is -0.424 e. The van der Waals surface area contributed by atoms with E-state index < -0.39 is 17.9 Å². The molecule has 0 atom stereocenters. The van der Waals surface area contributed by atoms with Crippen molar-refractivity contribution in [2.45, 2.75) is 51.2 Å². The van der Waals surface area contributed by atoms with Gasteiger partial charge in [0.15, 0.2) is 17.8 Å². The van der Waals surface area contributed by atoms with E-state index in [1.165, 1.54) is 17.8 Å². The van der Waals surface area contributed by atoms with Gasteiger partial charge in [0.2, 0.25) is 12.1 Å². The largest absolute Gasteiger partial charge is 0.433 e. The SMILES string of the molecule is Cc1ncncc1C1CCC(C[n+]2cc([N-]C(=O)Nc3ccnc(C(F)(F)F)c3)on2)CC1. The standard InChI is InChI=1S/C21H22F3N7O2/c1-13-17(9-25-12-27-13)15-4-2-14(3-5-15)10-31-11-19(33-30-31)29-20(32)28-16-6-7-26-18(8-16)21(22,23)24/h6-9,11-12,14-15H,2-5,10H2,1H3,(H-,26,28,29,30,32). The Kier molecular flexibility index (Phi) is 6.52. The second-order valence-corrected chi connectivity index (χ2v) is 8.01. The van der Waals surface area contributed by atoms with E-state index in [0.29, 0.717) is 18.4 Å². The molecule has 3 aromatic rings. The Bertz CT molecular complexity index is 1110. The number of hydrogen-bond acceptors (Lipinski definition) is 6. The third-order valence-corrected chi connectivity index (χ3v) is 5.69. The molecule has 33 heavy (non-hydrogen) atoms. The molecule has 1 saturated carbocycles. The van der Waals surface area contributed by atoms with Gasteiger partial charge < -0.3 is 15.2 Å². The average Bonchev–Trinajstić information content (AvgIpc) is 3.21. The molecule has 4 rings (SSSR count). The molecule has 0 spiro atoms. The number of alkyl halides is 3. The van der Waals surface area contributed by atoms with Crippen molar-refractivity contribution in [1.82, 2.24) is 20.2 Å². The summed E-state index contributed by atoms with van der Waals surface area (Å²) in [5.41, 5.74) is 1.04. The van der Waals surface area contributed by atoms with E-state index >= 15 is 0 Å². The number of rotatable bonds is 5. The van der Waals surface area contributed by atoms with Crippen LogP contribution in [0.5, 0.6) is 0 Å². The van der Waals surface area contributed by atoms with Gasteiger partial charge in [0, 0.05) is 24.0 Å². The monoisotopic (exact) mass is 461 g/mol. The number of anilines is 1. The highest BCUT2D eigenvalue weighted by molar-refractivity contribution is 6.03. The van der Waals surface area contributed by atoms with Gasteiger partial charge in [-0.05, 0) is 61.9 Å². The minimum absolute atomic E-state index is 0.0386. The fraction of sp³-hybridized carbons (Fsp3) is 0.429. The predicted molar refractivity (Wildman–Crippen MR) is 109 cm³/mol. The molecule has 1 aliphatic carbocycles. The van der Waals surface area contributed by atoms with Crippen molar-refractivity contribution in [2.75, 3.05) is 5.32 Å². The fourth-order valence-corrected chi connectivity index (χ4v) is 4.04. The summed E-state index contributed by atoms with van der Waals surface area (Å²) in [4.78, 5) is 23.7. The molecule has 0 radical (unpaired) electrons. The summed E-state index contributed by atoms with van der Waals surface area (Å²) < 4.78 is 44.9. The summed E-state index contributed by atoms with van der Waals surface area (Å²) in [7, 11) is 0. The molecule has 2 amide bonds. The van der Waals surface area contributed by atoms with Crippen LogP contribution in [0.1, 0.15) is 48.6 Å². The van der Waals surface area contributed by atoms with E-state index in [9.17, 15) is 18.0 Å². The molecule has 0 bridgehead atoms. The molecule has 3 aromatic heterocycles. The van der Waals surface area contributed by atoms with E-state index in [1.54, 1.807) is 11.0 Å². The summed E-state index contributed by atoms with van der Waals surface area (Å²) >= 11 is 0. The summed E-state index contributed by atoms with van der Waals surface area (Å²) in [6, 6.07) is 1.09. The second kappa shape index (κ2) is 9.51. The van der Waals surface area contributed by atoms with Gasteiger partial charge >= 0.3 is 6.18 Å². The van der Waals surface area contributed by atoms with Crippen molar-refractivity contribution in [1.29, 1.82) is 0 Å². The van der Waals surface area contributed by atoms with Crippen LogP contribution in [0.25, 0.3) is 5.32 Å². The quantitative estimate of drug-likeness (QED) is 0.552. The number of aromatic nitrogens is 5. The van der Waals surface area contributed by atoms with Crippen molar-refractivity contribution in [3.63, 3.8) is 0 Å².